The molecule has 1 aliphatic heterocycles. The minimum atomic E-state index is -0.461. The molecule has 6 nitrogen and oxygen atoms in total. The van der Waals surface area contributed by atoms with Crippen molar-refractivity contribution in [1.29, 1.82) is 0 Å². The first-order chi connectivity index (χ1) is 10.9. The van der Waals surface area contributed by atoms with E-state index in [1.54, 1.807) is 0 Å². The highest BCUT2D eigenvalue weighted by molar-refractivity contribution is 5.67. The number of alkyl carbamates (subject to hydrolysis) is 1. The zero-order valence-electron chi connectivity index (χ0n) is 14.1. The van der Waals surface area contributed by atoms with Crippen LogP contribution in [0.5, 0.6) is 11.5 Å². The van der Waals surface area contributed by atoms with E-state index in [9.17, 15) is 4.79 Å². The summed E-state index contributed by atoms with van der Waals surface area (Å²) >= 11 is 0. The molecule has 128 valence electrons. The van der Waals surface area contributed by atoms with Gasteiger partial charge in [-0.1, -0.05) is 12.1 Å². The second kappa shape index (κ2) is 8.06. The lowest BCUT2D eigenvalue weighted by molar-refractivity contribution is 0.0527. The van der Waals surface area contributed by atoms with Crippen molar-refractivity contribution in [2.75, 3.05) is 26.2 Å². The molecule has 1 unspecified atom stereocenters. The number of benzene rings is 1. The number of hydrogen-bond acceptors (Lipinski definition) is 5. The van der Waals surface area contributed by atoms with E-state index in [4.69, 9.17) is 14.2 Å². The van der Waals surface area contributed by atoms with Crippen LogP contribution in [0.2, 0.25) is 0 Å². The number of carbonyl (C=O) groups excluding carboxylic acids is 1. The minimum absolute atomic E-state index is 0.00344. The fourth-order valence-electron chi connectivity index (χ4n) is 2.14. The summed E-state index contributed by atoms with van der Waals surface area (Å²) in [5.74, 6) is 1.59. The van der Waals surface area contributed by atoms with Crippen molar-refractivity contribution in [1.82, 2.24) is 10.6 Å². The van der Waals surface area contributed by atoms with E-state index in [0.717, 1.165) is 24.5 Å². The van der Waals surface area contributed by atoms with Crippen molar-refractivity contribution >= 4 is 6.09 Å². The average molecular weight is 322 g/mol. The van der Waals surface area contributed by atoms with Gasteiger partial charge < -0.3 is 24.8 Å². The first-order valence-corrected chi connectivity index (χ1v) is 8.00. The molecular weight excluding hydrogens is 296 g/mol. The molecule has 1 aliphatic rings. The zero-order valence-corrected chi connectivity index (χ0v) is 14.1. The summed E-state index contributed by atoms with van der Waals surface area (Å²) in [6, 6.07) is 7.67. The SMILES string of the molecule is CC(C)(C)OC(=O)NCCCNCC1COc2ccccc2O1. The van der Waals surface area contributed by atoms with Crippen LogP contribution in [0.3, 0.4) is 0 Å². The third-order valence-electron chi connectivity index (χ3n) is 3.14. The summed E-state index contributed by atoms with van der Waals surface area (Å²) in [6.45, 7) is 8.15. The summed E-state index contributed by atoms with van der Waals surface area (Å²) in [6.07, 6.45) is 0.450. The van der Waals surface area contributed by atoms with E-state index < -0.39 is 5.60 Å². The van der Waals surface area contributed by atoms with Gasteiger partial charge in [-0.2, -0.15) is 0 Å². The Bertz CT molecular complexity index is 514. The molecule has 0 saturated heterocycles. The van der Waals surface area contributed by atoms with Crippen LogP contribution in [0.4, 0.5) is 4.79 Å². The lowest BCUT2D eigenvalue weighted by Crippen LogP contribution is -2.39. The van der Waals surface area contributed by atoms with E-state index in [0.29, 0.717) is 19.7 Å². The maximum Gasteiger partial charge on any atom is 0.407 e. The van der Waals surface area contributed by atoms with Gasteiger partial charge in [0.05, 0.1) is 0 Å². The molecule has 0 radical (unpaired) electrons. The monoisotopic (exact) mass is 322 g/mol. The van der Waals surface area contributed by atoms with Gasteiger partial charge in [-0.25, -0.2) is 4.79 Å². The maximum absolute atomic E-state index is 11.5. The Balaban J connectivity index is 1.54. The Morgan fingerprint density at radius 2 is 2.00 bits per heavy atom. The van der Waals surface area contributed by atoms with Crippen molar-refractivity contribution in [3.8, 4) is 11.5 Å². The number of nitrogens with one attached hydrogen (secondary N) is 2. The summed E-state index contributed by atoms with van der Waals surface area (Å²) < 4.78 is 16.7. The molecule has 0 spiro atoms. The Kier molecular flexibility index (Phi) is 6.10. The van der Waals surface area contributed by atoms with Gasteiger partial charge in [0.25, 0.3) is 0 Å². The van der Waals surface area contributed by atoms with Crippen LogP contribution in [0.25, 0.3) is 0 Å². The standard InChI is InChI=1S/C17H26N2O4/c1-17(2,3)23-16(20)19-10-6-9-18-11-13-12-21-14-7-4-5-8-15(14)22-13/h4-5,7-8,13,18H,6,9-12H2,1-3H3,(H,19,20). The van der Waals surface area contributed by atoms with Crippen LogP contribution in [0, 0.1) is 0 Å². The van der Waals surface area contributed by atoms with Crippen molar-refractivity contribution < 1.29 is 19.0 Å². The Hall–Kier alpha value is -1.95. The van der Waals surface area contributed by atoms with Crippen molar-refractivity contribution in [2.24, 2.45) is 0 Å². The van der Waals surface area contributed by atoms with Crippen LogP contribution < -0.4 is 20.1 Å². The summed E-state index contributed by atoms with van der Waals surface area (Å²) in [5, 5.41) is 6.04. The van der Waals surface area contributed by atoms with Gasteiger partial charge in [-0.3, -0.25) is 0 Å². The van der Waals surface area contributed by atoms with E-state index in [-0.39, 0.29) is 12.2 Å². The number of fused-ring (bicyclic) bond motifs is 1. The average Bonchev–Trinajstić information content (AvgIpc) is 2.49. The van der Waals surface area contributed by atoms with Gasteiger partial charge >= 0.3 is 6.09 Å². The normalized spacial score (nSPS) is 16.7. The molecule has 2 rings (SSSR count). The molecule has 0 bridgehead atoms. The second-order valence-electron chi connectivity index (χ2n) is 6.48. The molecule has 1 heterocycles. The quantitative estimate of drug-likeness (QED) is 0.787. The highest BCUT2D eigenvalue weighted by atomic mass is 16.6. The number of amides is 1. The Labute approximate surface area is 137 Å². The molecule has 0 saturated carbocycles. The molecule has 1 aromatic rings. The number of hydrogen-bond donors (Lipinski definition) is 2. The van der Waals surface area contributed by atoms with Gasteiger partial charge in [0, 0.05) is 13.1 Å². The van der Waals surface area contributed by atoms with Crippen LogP contribution in [0.1, 0.15) is 27.2 Å². The van der Waals surface area contributed by atoms with Gasteiger partial charge in [-0.05, 0) is 45.9 Å². The molecule has 6 heteroatoms. The fraction of sp³-hybridized carbons (Fsp3) is 0.588. The van der Waals surface area contributed by atoms with Gasteiger partial charge in [-0.15, -0.1) is 0 Å². The number of carbonyl (C=O) groups is 1. The van der Waals surface area contributed by atoms with Gasteiger partial charge in [0.15, 0.2) is 11.5 Å². The molecule has 23 heavy (non-hydrogen) atoms. The topological polar surface area (TPSA) is 68.8 Å². The van der Waals surface area contributed by atoms with E-state index in [1.807, 2.05) is 45.0 Å². The third-order valence-corrected chi connectivity index (χ3v) is 3.14. The van der Waals surface area contributed by atoms with Gasteiger partial charge in [0.1, 0.15) is 18.3 Å². The number of para-hydroxylation sites is 2. The molecular formula is C17H26N2O4. The van der Waals surface area contributed by atoms with Crippen molar-refractivity contribution in [2.45, 2.75) is 38.9 Å². The van der Waals surface area contributed by atoms with Crippen LogP contribution in [-0.4, -0.2) is 44.0 Å². The zero-order chi connectivity index (χ0) is 16.7. The van der Waals surface area contributed by atoms with Gasteiger partial charge in [0.2, 0.25) is 0 Å². The molecule has 1 atom stereocenters. The number of rotatable bonds is 6. The molecule has 0 aliphatic carbocycles. The van der Waals surface area contributed by atoms with E-state index in [1.165, 1.54) is 0 Å². The van der Waals surface area contributed by atoms with E-state index >= 15 is 0 Å². The summed E-state index contributed by atoms with van der Waals surface area (Å²) in [7, 11) is 0. The predicted molar refractivity (Wildman–Crippen MR) is 88.1 cm³/mol. The Morgan fingerprint density at radius 3 is 2.74 bits per heavy atom. The summed E-state index contributed by atoms with van der Waals surface area (Å²) in [5.41, 5.74) is -0.461. The first-order valence-electron chi connectivity index (χ1n) is 8.00. The van der Waals surface area contributed by atoms with E-state index in [2.05, 4.69) is 10.6 Å². The van der Waals surface area contributed by atoms with Crippen LogP contribution in [-0.2, 0) is 4.74 Å². The maximum atomic E-state index is 11.5. The smallest absolute Gasteiger partial charge is 0.407 e. The van der Waals surface area contributed by atoms with Crippen molar-refractivity contribution in [3.63, 3.8) is 0 Å². The third kappa shape index (κ3) is 6.36. The molecule has 1 amide bonds. The molecule has 0 aromatic heterocycles. The molecule has 1 aromatic carbocycles. The first kappa shape index (κ1) is 17.4. The lowest BCUT2D eigenvalue weighted by Gasteiger charge is -2.26. The number of ether oxygens (including phenoxy) is 3. The Morgan fingerprint density at radius 1 is 1.26 bits per heavy atom. The largest absolute Gasteiger partial charge is 0.486 e. The summed E-state index contributed by atoms with van der Waals surface area (Å²) in [4.78, 5) is 11.5. The minimum Gasteiger partial charge on any atom is -0.486 e. The van der Waals surface area contributed by atoms with Crippen molar-refractivity contribution in [3.05, 3.63) is 24.3 Å². The molecule has 0 fully saturated rings. The van der Waals surface area contributed by atoms with Crippen LogP contribution >= 0.6 is 0 Å². The highest BCUT2D eigenvalue weighted by Crippen LogP contribution is 2.30. The predicted octanol–water partition coefficient (Wildman–Crippen LogP) is 2.33. The molecule has 2 N–H and O–H groups in total. The highest BCUT2D eigenvalue weighted by Gasteiger charge is 2.20. The fourth-order valence-corrected chi connectivity index (χ4v) is 2.14. The lowest BCUT2D eigenvalue weighted by atomic mass is 10.2. The second-order valence-corrected chi connectivity index (χ2v) is 6.48. The van der Waals surface area contributed by atoms with Crippen LogP contribution in [0.15, 0.2) is 24.3 Å².